The number of rotatable bonds is 5. The van der Waals surface area contributed by atoms with Crippen molar-refractivity contribution in [3.8, 4) is 17.1 Å². The minimum absolute atomic E-state index is 0.0379. The molecule has 0 radical (unpaired) electrons. The Morgan fingerprint density at radius 2 is 1.88 bits per heavy atom. The van der Waals surface area contributed by atoms with E-state index in [1.807, 2.05) is 0 Å². The maximum Gasteiger partial charge on any atom is 0.265 e. The van der Waals surface area contributed by atoms with Gasteiger partial charge in [0.2, 0.25) is 0 Å². The molecule has 0 amide bonds. The van der Waals surface area contributed by atoms with Gasteiger partial charge >= 0.3 is 0 Å². The molecule has 25 heavy (non-hydrogen) atoms. The molecule has 0 spiro atoms. The summed E-state index contributed by atoms with van der Waals surface area (Å²) in [5, 5.41) is 11.5. The summed E-state index contributed by atoms with van der Waals surface area (Å²) in [6.45, 7) is 0. The van der Waals surface area contributed by atoms with Crippen LogP contribution < -0.4 is 9.46 Å². The molecule has 3 rings (SSSR count). The Morgan fingerprint density at radius 1 is 1.16 bits per heavy atom. The molecule has 1 heterocycles. The Bertz CT molecular complexity index is 1000. The second kappa shape index (κ2) is 6.69. The van der Waals surface area contributed by atoms with Crippen LogP contribution in [0.5, 0.6) is 5.75 Å². The van der Waals surface area contributed by atoms with E-state index in [-0.39, 0.29) is 10.6 Å². The van der Waals surface area contributed by atoms with Gasteiger partial charge in [0, 0.05) is 23.3 Å². The molecule has 10 heteroatoms. The van der Waals surface area contributed by atoms with Gasteiger partial charge < -0.3 is 4.74 Å². The summed E-state index contributed by atoms with van der Waals surface area (Å²) in [5.41, 5.74) is 1.15. The molecule has 0 atom stereocenters. The Hall–Kier alpha value is -2.65. The molecule has 1 aromatic heterocycles. The van der Waals surface area contributed by atoms with E-state index in [9.17, 15) is 8.42 Å². The first kappa shape index (κ1) is 17.2. The number of nitrogens with one attached hydrogen (secondary N) is 1. The second-order valence-corrected chi connectivity index (χ2v) is 7.19. The monoisotopic (exact) mass is 379 g/mol. The molecule has 0 saturated heterocycles. The van der Waals surface area contributed by atoms with Gasteiger partial charge in [-0.2, -0.15) is 0 Å². The van der Waals surface area contributed by atoms with Crippen LogP contribution in [-0.4, -0.2) is 35.7 Å². The first-order chi connectivity index (χ1) is 11.9. The van der Waals surface area contributed by atoms with Crippen LogP contribution in [0.25, 0.3) is 11.4 Å². The van der Waals surface area contributed by atoms with Crippen molar-refractivity contribution >= 4 is 27.3 Å². The van der Waals surface area contributed by atoms with Gasteiger partial charge in [-0.05, 0) is 52.9 Å². The summed E-state index contributed by atoms with van der Waals surface area (Å²) in [6.07, 6.45) is 0. The largest absolute Gasteiger partial charge is 0.495 e. The molecule has 3 aromatic rings. The predicted molar refractivity (Wildman–Crippen MR) is 93.0 cm³/mol. The van der Waals surface area contributed by atoms with Crippen LogP contribution in [0.15, 0.2) is 47.4 Å². The van der Waals surface area contributed by atoms with Gasteiger partial charge in [0.25, 0.3) is 10.0 Å². The highest BCUT2D eigenvalue weighted by Gasteiger charge is 2.20. The van der Waals surface area contributed by atoms with E-state index in [4.69, 9.17) is 16.3 Å². The van der Waals surface area contributed by atoms with E-state index in [1.54, 1.807) is 37.4 Å². The van der Waals surface area contributed by atoms with Crippen molar-refractivity contribution in [3.63, 3.8) is 0 Å². The van der Waals surface area contributed by atoms with Crippen molar-refractivity contribution < 1.29 is 13.2 Å². The molecule has 1 N–H and O–H groups in total. The first-order valence-corrected chi connectivity index (χ1v) is 8.96. The highest BCUT2D eigenvalue weighted by molar-refractivity contribution is 7.92. The van der Waals surface area contributed by atoms with Crippen LogP contribution in [-0.2, 0) is 17.1 Å². The quantitative estimate of drug-likeness (QED) is 0.730. The minimum atomic E-state index is -3.86. The number of aromatic nitrogens is 4. The van der Waals surface area contributed by atoms with Gasteiger partial charge in [0.05, 0.1) is 7.11 Å². The molecule has 0 aliphatic carbocycles. The summed E-state index contributed by atoms with van der Waals surface area (Å²) >= 11 is 5.91. The van der Waals surface area contributed by atoms with Crippen LogP contribution in [0.2, 0.25) is 5.02 Å². The van der Waals surface area contributed by atoms with Gasteiger partial charge in [-0.3, -0.25) is 4.72 Å². The summed E-state index contributed by atoms with van der Waals surface area (Å²) in [7, 11) is -0.744. The number of nitrogens with zero attached hydrogens (tertiary/aromatic N) is 4. The third kappa shape index (κ3) is 3.57. The van der Waals surface area contributed by atoms with Crippen molar-refractivity contribution in [1.29, 1.82) is 0 Å². The zero-order valence-corrected chi connectivity index (χ0v) is 14.9. The topological polar surface area (TPSA) is 99.0 Å². The molecular formula is C15H14ClN5O3S. The summed E-state index contributed by atoms with van der Waals surface area (Å²) in [6, 6.07) is 11.1. The fraction of sp³-hybridized carbons (Fsp3) is 0.133. The third-order valence-electron chi connectivity index (χ3n) is 3.43. The van der Waals surface area contributed by atoms with Gasteiger partial charge in [-0.15, -0.1) is 5.10 Å². The molecule has 0 bridgehead atoms. The number of anilines is 1. The highest BCUT2D eigenvalue weighted by Crippen LogP contribution is 2.29. The van der Waals surface area contributed by atoms with E-state index in [0.717, 1.165) is 5.56 Å². The average Bonchev–Trinajstić information content (AvgIpc) is 3.01. The molecular weight excluding hydrogens is 366 g/mol. The number of ether oxygens (including phenoxy) is 1. The molecule has 0 fully saturated rings. The zero-order chi connectivity index (χ0) is 18.0. The number of hydrogen-bond donors (Lipinski definition) is 1. The minimum Gasteiger partial charge on any atom is -0.495 e. The predicted octanol–water partition coefficient (Wildman–Crippen LogP) is 2.34. The fourth-order valence-electron chi connectivity index (χ4n) is 2.23. The number of hydrogen-bond acceptors (Lipinski definition) is 6. The van der Waals surface area contributed by atoms with Gasteiger partial charge in [-0.1, -0.05) is 11.6 Å². The van der Waals surface area contributed by atoms with Gasteiger partial charge in [0.15, 0.2) is 5.82 Å². The SMILES string of the molecule is COc1ccc(Cl)cc1S(=O)(=O)Nc1ccc(-c2nnnn2C)cc1. The molecule has 0 unspecified atom stereocenters. The number of benzene rings is 2. The lowest BCUT2D eigenvalue weighted by Crippen LogP contribution is -2.14. The highest BCUT2D eigenvalue weighted by atomic mass is 35.5. The first-order valence-electron chi connectivity index (χ1n) is 7.10. The Kier molecular flexibility index (Phi) is 4.60. The maximum absolute atomic E-state index is 12.6. The standard InChI is InChI=1S/C15H14ClN5O3S/c1-21-15(17-19-20-21)10-3-6-12(7-4-10)18-25(22,23)14-9-11(16)5-8-13(14)24-2/h3-9,18H,1-2H3. The lowest BCUT2D eigenvalue weighted by Gasteiger charge is -2.12. The fourth-order valence-corrected chi connectivity index (χ4v) is 3.72. The summed E-state index contributed by atoms with van der Waals surface area (Å²) < 4.78 is 34.4. The van der Waals surface area contributed by atoms with Crippen molar-refractivity contribution in [2.24, 2.45) is 7.05 Å². The lowest BCUT2D eigenvalue weighted by atomic mass is 10.2. The Balaban J connectivity index is 1.89. The van der Waals surface area contributed by atoms with Gasteiger partial charge in [0.1, 0.15) is 10.6 Å². The zero-order valence-electron chi connectivity index (χ0n) is 13.3. The number of tetrazole rings is 1. The summed E-state index contributed by atoms with van der Waals surface area (Å²) in [4.78, 5) is -0.0379. The molecule has 8 nitrogen and oxygen atoms in total. The molecule has 130 valence electrons. The average molecular weight is 380 g/mol. The van der Waals surface area contributed by atoms with Crippen molar-refractivity contribution in [1.82, 2.24) is 20.2 Å². The van der Waals surface area contributed by atoms with E-state index in [2.05, 4.69) is 20.2 Å². The lowest BCUT2D eigenvalue weighted by molar-refractivity contribution is 0.403. The van der Waals surface area contributed by atoms with Crippen molar-refractivity contribution in [3.05, 3.63) is 47.5 Å². The third-order valence-corrected chi connectivity index (χ3v) is 5.07. The Labute approximate surface area is 149 Å². The Morgan fingerprint density at radius 3 is 2.48 bits per heavy atom. The molecule has 0 aliphatic heterocycles. The van der Waals surface area contributed by atoms with E-state index < -0.39 is 10.0 Å². The number of aryl methyl sites for hydroxylation is 1. The van der Waals surface area contributed by atoms with Gasteiger partial charge in [-0.25, -0.2) is 13.1 Å². The normalized spacial score (nSPS) is 11.3. The number of sulfonamides is 1. The van der Waals surface area contributed by atoms with Crippen molar-refractivity contribution in [2.75, 3.05) is 11.8 Å². The van der Waals surface area contributed by atoms with Crippen LogP contribution in [0.4, 0.5) is 5.69 Å². The van der Waals surface area contributed by atoms with E-state index >= 15 is 0 Å². The summed E-state index contributed by atoms with van der Waals surface area (Å²) in [5.74, 6) is 0.782. The van der Waals surface area contributed by atoms with Crippen LogP contribution >= 0.6 is 11.6 Å². The van der Waals surface area contributed by atoms with Crippen LogP contribution in [0.3, 0.4) is 0 Å². The van der Waals surface area contributed by atoms with E-state index in [1.165, 1.54) is 23.9 Å². The molecule has 2 aromatic carbocycles. The van der Waals surface area contributed by atoms with Crippen molar-refractivity contribution in [2.45, 2.75) is 4.90 Å². The second-order valence-electron chi connectivity index (χ2n) is 5.10. The maximum atomic E-state index is 12.6. The molecule has 0 aliphatic rings. The van der Waals surface area contributed by atoms with Crippen LogP contribution in [0, 0.1) is 0 Å². The number of halogens is 1. The smallest absolute Gasteiger partial charge is 0.265 e. The molecule has 0 saturated carbocycles. The number of methoxy groups -OCH3 is 1. The van der Waals surface area contributed by atoms with Crippen LogP contribution in [0.1, 0.15) is 0 Å². The van der Waals surface area contributed by atoms with E-state index in [0.29, 0.717) is 16.5 Å².